The van der Waals surface area contributed by atoms with E-state index in [0.717, 1.165) is 32.7 Å². The molecule has 3 N–H and O–H groups in total. The van der Waals surface area contributed by atoms with Gasteiger partial charge >= 0.3 is 0 Å². The number of piperazine rings is 1. The highest BCUT2D eigenvalue weighted by Crippen LogP contribution is 2.15. The minimum Gasteiger partial charge on any atom is -0.369 e. The third-order valence-corrected chi connectivity index (χ3v) is 3.89. The van der Waals surface area contributed by atoms with Gasteiger partial charge in [0.25, 0.3) is 0 Å². The van der Waals surface area contributed by atoms with Crippen LogP contribution in [0.25, 0.3) is 0 Å². The van der Waals surface area contributed by atoms with Crippen LogP contribution >= 0.6 is 0 Å². The van der Waals surface area contributed by atoms with Crippen molar-refractivity contribution in [2.75, 3.05) is 44.2 Å². The van der Waals surface area contributed by atoms with Gasteiger partial charge in [-0.2, -0.15) is 0 Å². The summed E-state index contributed by atoms with van der Waals surface area (Å²) < 4.78 is 0. The van der Waals surface area contributed by atoms with Crippen molar-refractivity contribution >= 4 is 11.6 Å². The maximum Gasteiger partial charge on any atom is 0.221 e. The quantitative estimate of drug-likeness (QED) is 0.825. The monoisotopic (exact) mass is 304 g/mol. The number of carbonyl (C=O) groups excluding carboxylic acids is 1. The van der Waals surface area contributed by atoms with Crippen LogP contribution < -0.4 is 16.0 Å². The number of nitrogens with one attached hydrogen (secondary N) is 1. The topological polar surface area (TPSA) is 61.6 Å². The molecule has 5 nitrogen and oxygen atoms in total. The molecule has 1 aliphatic rings. The number of nitrogens with two attached hydrogens (primary N) is 1. The molecule has 0 saturated carbocycles. The van der Waals surface area contributed by atoms with Crippen molar-refractivity contribution in [2.45, 2.75) is 25.8 Å². The summed E-state index contributed by atoms with van der Waals surface area (Å²) in [6.45, 7) is 9.21. The summed E-state index contributed by atoms with van der Waals surface area (Å²) in [4.78, 5) is 16.6. The molecule has 0 aliphatic carbocycles. The van der Waals surface area contributed by atoms with Gasteiger partial charge in [-0.1, -0.05) is 18.2 Å². The van der Waals surface area contributed by atoms with E-state index in [1.165, 1.54) is 5.69 Å². The van der Waals surface area contributed by atoms with Crippen molar-refractivity contribution in [3.8, 4) is 0 Å². The molecule has 1 fully saturated rings. The Labute approximate surface area is 133 Å². The molecule has 0 unspecified atom stereocenters. The Morgan fingerprint density at radius 1 is 1.18 bits per heavy atom. The Bertz CT molecular complexity index is 461. The lowest BCUT2D eigenvalue weighted by Crippen LogP contribution is -2.48. The summed E-state index contributed by atoms with van der Waals surface area (Å²) in [5.74, 6) is 0.0870. The van der Waals surface area contributed by atoms with E-state index in [1.807, 2.05) is 19.9 Å². The molecule has 2 rings (SSSR count). The van der Waals surface area contributed by atoms with Crippen molar-refractivity contribution in [1.29, 1.82) is 0 Å². The SMILES string of the molecule is CC(C)(N)CNC(=O)CCN1CCN(c2ccccc2)CC1. The number of hydrogen-bond acceptors (Lipinski definition) is 4. The van der Waals surface area contributed by atoms with Crippen LogP contribution in [0.2, 0.25) is 0 Å². The van der Waals surface area contributed by atoms with Crippen LogP contribution in [0, 0.1) is 0 Å². The van der Waals surface area contributed by atoms with Gasteiger partial charge in [-0.05, 0) is 26.0 Å². The zero-order valence-electron chi connectivity index (χ0n) is 13.7. The molecule has 1 aromatic rings. The fraction of sp³-hybridized carbons (Fsp3) is 0.588. The molecule has 1 aromatic carbocycles. The number of carbonyl (C=O) groups is 1. The number of hydrogen-bond donors (Lipinski definition) is 2. The van der Waals surface area contributed by atoms with Gasteiger partial charge in [0.1, 0.15) is 0 Å². The highest BCUT2D eigenvalue weighted by Gasteiger charge is 2.18. The van der Waals surface area contributed by atoms with Crippen molar-refractivity contribution in [3.05, 3.63) is 30.3 Å². The first kappa shape index (κ1) is 16.8. The van der Waals surface area contributed by atoms with E-state index >= 15 is 0 Å². The second-order valence-corrected chi connectivity index (χ2v) is 6.68. The lowest BCUT2D eigenvalue weighted by molar-refractivity contribution is -0.121. The fourth-order valence-electron chi connectivity index (χ4n) is 2.54. The molecule has 22 heavy (non-hydrogen) atoms. The number of rotatable bonds is 6. The van der Waals surface area contributed by atoms with Crippen molar-refractivity contribution in [2.24, 2.45) is 5.73 Å². The van der Waals surface area contributed by atoms with Crippen LogP contribution in [0.3, 0.4) is 0 Å². The normalized spacial score (nSPS) is 16.6. The lowest BCUT2D eigenvalue weighted by Gasteiger charge is -2.36. The van der Waals surface area contributed by atoms with E-state index in [-0.39, 0.29) is 11.4 Å². The Morgan fingerprint density at radius 2 is 1.82 bits per heavy atom. The summed E-state index contributed by atoms with van der Waals surface area (Å²) in [6.07, 6.45) is 0.543. The van der Waals surface area contributed by atoms with Gasteiger partial charge in [0.15, 0.2) is 0 Å². The van der Waals surface area contributed by atoms with E-state index in [0.29, 0.717) is 13.0 Å². The molecule has 0 aromatic heterocycles. The highest BCUT2D eigenvalue weighted by atomic mass is 16.1. The van der Waals surface area contributed by atoms with Crippen LogP contribution in [-0.2, 0) is 4.79 Å². The highest BCUT2D eigenvalue weighted by molar-refractivity contribution is 5.76. The third-order valence-electron chi connectivity index (χ3n) is 3.89. The summed E-state index contributed by atoms with van der Waals surface area (Å²) in [5, 5.41) is 2.90. The average molecular weight is 304 g/mol. The van der Waals surface area contributed by atoms with E-state index in [4.69, 9.17) is 5.73 Å². The average Bonchev–Trinajstić information content (AvgIpc) is 2.51. The van der Waals surface area contributed by atoms with Crippen LogP contribution in [0.5, 0.6) is 0 Å². The minimum atomic E-state index is -0.350. The van der Waals surface area contributed by atoms with E-state index in [1.54, 1.807) is 0 Å². The Kier molecular flexibility index (Phi) is 5.80. The molecule has 0 spiro atoms. The molecular weight excluding hydrogens is 276 g/mol. The summed E-state index contributed by atoms with van der Waals surface area (Å²) in [6, 6.07) is 10.5. The standard InChI is InChI=1S/C17H28N4O/c1-17(2,18)14-19-16(22)8-9-20-10-12-21(13-11-20)15-6-4-3-5-7-15/h3-7H,8-14,18H2,1-2H3,(H,19,22). The molecule has 0 bridgehead atoms. The van der Waals surface area contributed by atoms with E-state index < -0.39 is 0 Å². The molecule has 122 valence electrons. The molecule has 1 heterocycles. The van der Waals surface area contributed by atoms with Gasteiger partial charge in [-0.15, -0.1) is 0 Å². The zero-order chi connectivity index (χ0) is 16.0. The molecular formula is C17H28N4O. The molecule has 1 amide bonds. The number of amides is 1. The predicted octanol–water partition coefficient (Wildman–Crippen LogP) is 1.05. The second kappa shape index (κ2) is 7.61. The lowest BCUT2D eigenvalue weighted by atomic mass is 10.1. The Morgan fingerprint density at radius 3 is 2.41 bits per heavy atom. The maximum absolute atomic E-state index is 11.8. The Hall–Kier alpha value is -1.59. The maximum atomic E-state index is 11.8. The summed E-state index contributed by atoms with van der Waals surface area (Å²) in [7, 11) is 0. The smallest absolute Gasteiger partial charge is 0.221 e. The van der Waals surface area contributed by atoms with Gasteiger partial charge in [0, 0.05) is 56.9 Å². The summed E-state index contributed by atoms with van der Waals surface area (Å²) in [5.41, 5.74) is 6.79. The van der Waals surface area contributed by atoms with Crippen molar-refractivity contribution in [3.63, 3.8) is 0 Å². The predicted molar refractivity (Wildman–Crippen MR) is 91.0 cm³/mol. The van der Waals surface area contributed by atoms with Crippen LogP contribution in [0.4, 0.5) is 5.69 Å². The largest absolute Gasteiger partial charge is 0.369 e. The number of nitrogens with zero attached hydrogens (tertiary/aromatic N) is 2. The molecule has 0 atom stereocenters. The first-order chi connectivity index (χ1) is 10.4. The Balaban J connectivity index is 1.66. The van der Waals surface area contributed by atoms with Crippen molar-refractivity contribution < 1.29 is 4.79 Å². The second-order valence-electron chi connectivity index (χ2n) is 6.68. The first-order valence-electron chi connectivity index (χ1n) is 8.02. The van der Waals surface area contributed by atoms with E-state index in [2.05, 4.69) is 39.4 Å². The number of anilines is 1. The summed E-state index contributed by atoms with van der Waals surface area (Å²) >= 11 is 0. The minimum absolute atomic E-state index is 0.0870. The van der Waals surface area contributed by atoms with E-state index in [9.17, 15) is 4.79 Å². The number of para-hydroxylation sites is 1. The molecule has 1 saturated heterocycles. The molecule has 0 radical (unpaired) electrons. The van der Waals surface area contributed by atoms with Gasteiger partial charge in [-0.3, -0.25) is 9.69 Å². The van der Waals surface area contributed by atoms with Crippen LogP contribution in [0.1, 0.15) is 20.3 Å². The van der Waals surface area contributed by atoms with Gasteiger partial charge < -0.3 is 16.0 Å². The molecule has 1 aliphatic heterocycles. The van der Waals surface area contributed by atoms with Crippen LogP contribution in [-0.4, -0.2) is 55.6 Å². The molecule has 5 heteroatoms. The fourth-order valence-corrected chi connectivity index (χ4v) is 2.54. The third kappa shape index (κ3) is 5.66. The van der Waals surface area contributed by atoms with Gasteiger partial charge in [-0.25, -0.2) is 0 Å². The number of benzene rings is 1. The zero-order valence-corrected chi connectivity index (χ0v) is 13.7. The van der Waals surface area contributed by atoms with Crippen LogP contribution in [0.15, 0.2) is 30.3 Å². The first-order valence-corrected chi connectivity index (χ1v) is 8.02. The van der Waals surface area contributed by atoms with Crippen molar-refractivity contribution in [1.82, 2.24) is 10.2 Å². The van der Waals surface area contributed by atoms with Gasteiger partial charge in [0.2, 0.25) is 5.91 Å². The van der Waals surface area contributed by atoms with Gasteiger partial charge in [0.05, 0.1) is 0 Å².